The van der Waals surface area contributed by atoms with E-state index in [0.717, 1.165) is 9.03 Å². The van der Waals surface area contributed by atoms with Gasteiger partial charge in [0.1, 0.15) is 5.82 Å². The van der Waals surface area contributed by atoms with Crippen molar-refractivity contribution in [1.29, 1.82) is 0 Å². The Morgan fingerprint density at radius 1 is 1.06 bits per heavy atom. The average molecular weight is 348 g/mol. The van der Waals surface area contributed by atoms with Crippen molar-refractivity contribution in [2.75, 3.05) is 0 Å². The van der Waals surface area contributed by atoms with Gasteiger partial charge in [-0.25, -0.2) is 4.39 Å². The largest absolute Gasteiger partial charge is 0.494 e. The minimum absolute atomic E-state index is 0.262. The van der Waals surface area contributed by atoms with Gasteiger partial charge < -0.3 is 9.31 Å². The first-order chi connectivity index (χ1) is 7.71. The highest BCUT2D eigenvalue weighted by Crippen LogP contribution is 2.36. The van der Waals surface area contributed by atoms with Gasteiger partial charge in [0.25, 0.3) is 0 Å². The summed E-state index contributed by atoms with van der Waals surface area (Å²) in [5, 5.41) is 0. The highest BCUT2D eigenvalue weighted by molar-refractivity contribution is 14.1. The van der Waals surface area contributed by atoms with Crippen LogP contribution in [-0.4, -0.2) is 18.3 Å². The highest BCUT2D eigenvalue weighted by Gasteiger charge is 2.51. The Morgan fingerprint density at radius 3 is 2.06 bits per heavy atom. The summed E-state index contributed by atoms with van der Waals surface area (Å²) in [4.78, 5) is 0. The monoisotopic (exact) mass is 348 g/mol. The van der Waals surface area contributed by atoms with Gasteiger partial charge in [0.2, 0.25) is 0 Å². The van der Waals surface area contributed by atoms with Crippen molar-refractivity contribution in [3.63, 3.8) is 0 Å². The van der Waals surface area contributed by atoms with Crippen molar-refractivity contribution < 1.29 is 13.7 Å². The van der Waals surface area contributed by atoms with Crippen LogP contribution in [0.5, 0.6) is 0 Å². The quantitative estimate of drug-likeness (QED) is 0.574. The van der Waals surface area contributed by atoms with Crippen LogP contribution in [0.25, 0.3) is 0 Å². The molecular formula is C12H15BFIO2. The summed E-state index contributed by atoms with van der Waals surface area (Å²) < 4.78 is 25.9. The molecule has 1 aliphatic rings. The van der Waals surface area contributed by atoms with Crippen molar-refractivity contribution in [2.24, 2.45) is 0 Å². The van der Waals surface area contributed by atoms with Crippen LogP contribution in [0.15, 0.2) is 18.2 Å². The summed E-state index contributed by atoms with van der Waals surface area (Å²) in [6, 6.07) is 4.82. The molecule has 0 saturated carbocycles. The maximum absolute atomic E-state index is 13.4. The Hall–Kier alpha value is -0.135. The second kappa shape index (κ2) is 4.21. The van der Waals surface area contributed by atoms with E-state index in [-0.39, 0.29) is 5.82 Å². The fourth-order valence-electron chi connectivity index (χ4n) is 1.69. The molecule has 0 aromatic heterocycles. The Balaban J connectivity index is 2.32. The van der Waals surface area contributed by atoms with Gasteiger partial charge in [-0.3, -0.25) is 0 Å². The second-order valence-electron chi connectivity index (χ2n) is 5.29. The normalized spacial score (nSPS) is 21.9. The molecule has 2 rings (SSSR count). The predicted molar refractivity (Wildman–Crippen MR) is 74.8 cm³/mol. The molecule has 1 saturated heterocycles. The van der Waals surface area contributed by atoms with E-state index < -0.39 is 18.3 Å². The molecule has 5 heteroatoms. The molecule has 0 aliphatic carbocycles. The van der Waals surface area contributed by atoms with Crippen molar-refractivity contribution in [1.82, 2.24) is 0 Å². The Labute approximate surface area is 115 Å². The molecule has 1 heterocycles. The van der Waals surface area contributed by atoms with Gasteiger partial charge in [-0.05, 0) is 73.9 Å². The second-order valence-corrected chi connectivity index (χ2v) is 6.54. The van der Waals surface area contributed by atoms with Crippen LogP contribution in [0, 0.1) is 9.39 Å². The van der Waals surface area contributed by atoms with Crippen LogP contribution in [0.2, 0.25) is 0 Å². The lowest BCUT2D eigenvalue weighted by Gasteiger charge is -2.32. The molecule has 0 atom stereocenters. The smallest absolute Gasteiger partial charge is 0.399 e. The molecule has 0 radical (unpaired) electrons. The molecule has 0 unspecified atom stereocenters. The third-order valence-corrected chi connectivity index (χ3v) is 4.03. The molecule has 2 nitrogen and oxygen atoms in total. The lowest BCUT2D eigenvalue weighted by Crippen LogP contribution is -2.41. The SMILES string of the molecule is CC1(C)OB(c2cc(F)cc(I)c2)OC1(C)C. The maximum atomic E-state index is 13.4. The van der Waals surface area contributed by atoms with Crippen LogP contribution in [0.1, 0.15) is 27.7 Å². The average Bonchev–Trinajstić information content (AvgIpc) is 2.34. The summed E-state index contributed by atoms with van der Waals surface area (Å²) in [6.45, 7) is 7.93. The topological polar surface area (TPSA) is 18.5 Å². The van der Waals surface area contributed by atoms with Crippen LogP contribution < -0.4 is 5.46 Å². The number of benzene rings is 1. The summed E-state index contributed by atoms with van der Waals surface area (Å²) in [5.41, 5.74) is -0.0572. The van der Waals surface area contributed by atoms with E-state index in [1.165, 1.54) is 12.1 Å². The third-order valence-electron chi connectivity index (χ3n) is 3.41. The summed E-state index contributed by atoms with van der Waals surface area (Å²) in [5.74, 6) is -0.262. The lowest BCUT2D eigenvalue weighted by atomic mass is 9.79. The van der Waals surface area contributed by atoms with Crippen LogP contribution >= 0.6 is 22.6 Å². The fourth-order valence-corrected chi connectivity index (χ4v) is 2.35. The molecular weight excluding hydrogens is 333 g/mol. The highest BCUT2D eigenvalue weighted by atomic mass is 127. The van der Waals surface area contributed by atoms with Crippen molar-refractivity contribution in [3.05, 3.63) is 27.6 Å². The number of halogens is 2. The number of rotatable bonds is 1. The summed E-state index contributed by atoms with van der Waals surface area (Å²) >= 11 is 2.08. The Morgan fingerprint density at radius 2 is 1.59 bits per heavy atom. The zero-order valence-electron chi connectivity index (χ0n) is 10.4. The van der Waals surface area contributed by atoms with Crippen molar-refractivity contribution >= 4 is 35.2 Å². The third kappa shape index (κ3) is 2.51. The number of hydrogen-bond acceptors (Lipinski definition) is 2. The maximum Gasteiger partial charge on any atom is 0.494 e. The van der Waals surface area contributed by atoms with E-state index in [4.69, 9.17) is 9.31 Å². The fraction of sp³-hybridized carbons (Fsp3) is 0.500. The van der Waals surface area contributed by atoms with Gasteiger partial charge in [0.05, 0.1) is 11.2 Å². The molecule has 92 valence electrons. The van der Waals surface area contributed by atoms with E-state index in [1.54, 1.807) is 0 Å². The molecule has 1 aromatic carbocycles. The zero-order valence-corrected chi connectivity index (χ0v) is 12.5. The molecule has 1 aromatic rings. The van der Waals surface area contributed by atoms with E-state index in [9.17, 15) is 4.39 Å². The van der Waals surface area contributed by atoms with Crippen LogP contribution in [0.4, 0.5) is 4.39 Å². The van der Waals surface area contributed by atoms with E-state index in [2.05, 4.69) is 22.6 Å². The van der Waals surface area contributed by atoms with Gasteiger partial charge in [0, 0.05) is 3.57 Å². The Kier molecular flexibility index (Phi) is 3.29. The Bertz CT molecular complexity index is 412. The summed E-state index contributed by atoms with van der Waals surface area (Å²) in [6.07, 6.45) is 0. The van der Waals surface area contributed by atoms with E-state index >= 15 is 0 Å². The standard InChI is InChI=1S/C12H15BFIO2/c1-11(2)12(3,4)17-13(16-11)8-5-9(14)7-10(15)6-8/h5-7H,1-4H3. The molecule has 1 aliphatic heterocycles. The summed E-state index contributed by atoms with van der Waals surface area (Å²) in [7, 11) is -0.496. The molecule has 0 bridgehead atoms. The van der Waals surface area contributed by atoms with Gasteiger partial charge >= 0.3 is 7.12 Å². The van der Waals surface area contributed by atoms with E-state index in [0.29, 0.717) is 0 Å². The molecule has 0 spiro atoms. The number of hydrogen-bond donors (Lipinski definition) is 0. The first-order valence-corrected chi connectivity index (χ1v) is 6.61. The van der Waals surface area contributed by atoms with Gasteiger partial charge in [0.15, 0.2) is 0 Å². The first-order valence-electron chi connectivity index (χ1n) is 5.53. The minimum Gasteiger partial charge on any atom is -0.399 e. The lowest BCUT2D eigenvalue weighted by molar-refractivity contribution is 0.00578. The van der Waals surface area contributed by atoms with Crippen LogP contribution in [-0.2, 0) is 9.31 Å². The van der Waals surface area contributed by atoms with Crippen LogP contribution in [0.3, 0.4) is 0 Å². The van der Waals surface area contributed by atoms with Gasteiger partial charge in [-0.2, -0.15) is 0 Å². The molecule has 17 heavy (non-hydrogen) atoms. The first kappa shape index (κ1) is 13.3. The predicted octanol–water partition coefficient (Wildman–Crippen LogP) is 2.73. The molecule has 0 N–H and O–H groups in total. The van der Waals surface area contributed by atoms with Crippen molar-refractivity contribution in [2.45, 2.75) is 38.9 Å². The van der Waals surface area contributed by atoms with E-state index in [1.807, 2.05) is 33.8 Å². The molecule has 1 fully saturated rings. The van der Waals surface area contributed by atoms with Gasteiger partial charge in [-0.1, -0.05) is 0 Å². The van der Waals surface area contributed by atoms with Crippen molar-refractivity contribution in [3.8, 4) is 0 Å². The molecule has 0 amide bonds. The zero-order chi connectivity index (χ0) is 12.8. The van der Waals surface area contributed by atoms with Gasteiger partial charge in [-0.15, -0.1) is 0 Å². The minimum atomic E-state index is -0.496.